The zero-order chi connectivity index (χ0) is 19.2. The Morgan fingerprint density at radius 1 is 0.926 bits per heavy atom. The molecule has 1 heterocycles. The van der Waals surface area contributed by atoms with Crippen LogP contribution in [0.3, 0.4) is 0 Å². The van der Waals surface area contributed by atoms with Gasteiger partial charge in [0, 0.05) is 37.8 Å². The summed E-state index contributed by atoms with van der Waals surface area (Å²) < 4.78 is 10.7. The molecule has 0 atom stereocenters. The van der Waals surface area contributed by atoms with Crippen molar-refractivity contribution in [3.05, 3.63) is 54.1 Å². The van der Waals surface area contributed by atoms with E-state index in [1.165, 1.54) is 0 Å². The van der Waals surface area contributed by atoms with Crippen molar-refractivity contribution in [2.24, 2.45) is 0 Å². The van der Waals surface area contributed by atoms with Gasteiger partial charge in [-0.1, -0.05) is 18.2 Å². The number of nitrogens with zero attached hydrogens (tertiary/aromatic N) is 2. The van der Waals surface area contributed by atoms with Gasteiger partial charge in [0.2, 0.25) is 0 Å². The van der Waals surface area contributed by atoms with E-state index in [2.05, 4.69) is 10.2 Å². The highest BCUT2D eigenvalue weighted by Crippen LogP contribution is 2.32. The summed E-state index contributed by atoms with van der Waals surface area (Å²) >= 11 is 0. The molecule has 7 heteroatoms. The number of hydrogen-bond donors (Lipinski definition) is 1. The lowest BCUT2D eigenvalue weighted by atomic mass is 10.2. The molecule has 1 aliphatic rings. The largest absolute Gasteiger partial charge is 0.497 e. The van der Waals surface area contributed by atoms with E-state index in [0.717, 1.165) is 17.2 Å². The average Bonchev–Trinajstić information content (AvgIpc) is 2.73. The number of urea groups is 1. The van der Waals surface area contributed by atoms with Gasteiger partial charge < -0.3 is 19.3 Å². The van der Waals surface area contributed by atoms with Gasteiger partial charge in [0.05, 0.1) is 19.9 Å². The third-order valence-electron chi connectivity index (χ3n) is 4.55. The molecule has 0 bridgehead atoms. The Morgan fingerprint density at radius 3 is 2.26 bits per heavy atom. The number of nitrogens with one attached hydrogen (secondary N) is 1. The molecular formula is C20H23N3O4. The van der Waals surface area contributed by atoms with E-state index in [0.29, 0.717) is 31.7 Å². The molecule has 3 rings (SSSR count). The molecule has 2 aromatic carbocycles. The fourth-order valence-electron chi connectivity index (χ4n) is 3.03. The number of rotatable bonds is 4. The van der Waals surface area contributed by atoms with Crippen LogP contribution in [0.25, 0.3) is 0 Å². The van der Waals surface area contributed by atoms with E-state index in [4.69, 9.17) is 9.47 Å². The van der Waals surface area contributed by atoms with Crippen molar-refractivity contribution < 1.29 is 19.1 Å². The first-order valence-corrected chi connectivity index (χ1v) is 8.74. The SMILES string of the molecule is COc1ccc(N2CCN(C(=O)NC(=O)c3ccccc3)CC2)c(OC)c1. The molecule has 142 valence electrons. The summed E-state index contributed by atoms with van der Waals surface area (Å²) in [5, 5.41) is 2.45. The number of carbonyl (C=O) groups is 2. The second-order valence-electron chi connectivity index (χ2n) is 6.14. The number of methoxy groups -OCH3 is 2. The second-order valence-corrected chi connectivity index (χ2v) is 6.14. The number of benzene rings is 2. The lowest BCUT2D eigenvalue weighted by molar-refractivity contribution is 0.0951. The maximum atomic E-state index is 12.4. The van der Waals surface area contributed by atoms with Gasteiger partial charge in [0.1, 0.15) is 11.5 Å². The van der Waals surface area contributed by atoms with Crippen molar-refractivity contribution in [1.29, 1.82) is 0 Å². The maximum Gasteiger partial charge on any atom is 0.324 e. The molecular weight excluding hydrogens is 346 g/mol. The Kier molecular flexibility index (Phi) is 5.80. The molecule has 1 N–H and O–H groups in total. The third-order valence-corrected chi connectivity index (χ3v) is 4.55. The molecule has 0 spiro atoms. The zero-order valence-electron chi connectivity index (χ0n) is 15.5. The minimum absolute atomic E-state index is 0.370. The Labute approximate surface area is 158 Å². The molecule has 0 unspecified atom stereocenters. The fourth-order valence-corrected chi connectivity index (χ4v) is 3.03. The van der Waals surface area contributed by atoms with Crippen LogP contribution in [-0.4, -0.2) is 57.2 Å². The first-order valence-electron chi connectivity index (χ1n) is 8.74. The van der Waals surface area contributed by atoms with Gasteiger partial charge in [-0.2, -0.15) is 0 Å². The molecule has 1 saturated heterocycles. The number of imide groups is 1. The highest BCUT2D eigenvalue weighted by Gasteiger charge is 2.24. The molecule has 2 aromatic rings. The summed E-state index contributed by atoms with van der Waals surface area (Å²) in [4.78, 5) is 28.3. The lowest BCUT2D eigenvalue weighted by Crippen LogP contribution is -2.52. The van der Waals surface area contributed by atoms with Crippen LogP contribution in [0.4, 0.5) is 10.5 Å². The van der Waals surface area contributed by atoms with Crippen LogP contribution in [0, 0.1) is 0 Å². The fraction of sp³-hybridized carbons (Fsp3) is 0.300. The average molecular weight is 369 g/mol. The van der Waals surface area contributed by atoms with Crippen molar-refractivity contribution in [1.82, 2.24) is 10.2 Å². The van der Waals surface area contributed by atoms with Gasteiger partial charge in [-0.15, -0.1) is 0 Å². The topological polar surface area (TPSA) is 71.1 Å². The van der Waals surface area contributed by atoms with E-state index in [-0.39, 0.29) is 11.9 Å². The minimum Gasteiger partial charge on any atom is -0.497 e. The van der Waals surface area contributed by atoms with E-state index in [1.54, 1.807) is 43.4 Å². The quantitative estimate of drug-likeness (QED) is 0.896. The summed E-state index contributed by atoms with van der Waals surface area (Å²) in [6.07, 6.45) is 0. The van der Waals surface area contributed by atoms with E-state index >= 15 is 0 Å². The van der Waals surface area contributed by atoms with Crippen LogP contribution < -0.4 is 19.7 Å². The van der Waals surface area contributed by atoms with Crippen LogP contribution >= 0.6 is 0 Å². The summed E-state index contributed by atoms with van der Waals surface area (Å²) in [7, 11) is 3.24. The number of ether oxygens (including phenoxy) is 2. The van der Waals surface area contributed by atoms with Crippen LogP contribution in [0.2, 0.25) is 0 Å². The van der Waals surface area contributed by atoms with E-state index < -0.39 is 0 Å². The summed E-state index contributed by atoms with van der Waals surface area (Å²) in [5.74, 6) is 1.07. The molecule has 7 nitrogen and oxygen atoms in total. The Morgan fingerprint density at radius 2 is 1.63 bits per heavy atom. The van der Waals surface area contributed by atoms with Crippen LogP contribution in [0.1, 0.15) is 10.4 Å². The second kappa shape index (κ2) is 8.44. The molecule has 1 fully saturated rings. The first-order chi connectivity index (χ1) is 13.1. The molecule has 3 amide bonds. The van der Waals surface area contributed by atoms with Crippen LogP contribution in [0.5, 0.6) is 11.5 Å². The number of hydrogen-bond acceptors (Lipinski definition) is 5. The van der Waals surface area contributed by atoms with Gasteiger partial charge in [-0.3, -0.25) is 10.1 Å². The molecule has 1 aliphatic heterocycles. The molecule has 0 saturated carbocycles. The standard InChI is InChI=1S/C20H23N3O4/c1-26-16-8-9-17(18(14-16)27-2)22-10-12-23(13-11-22)20(25)21-19(24)15-6-4-3-5-7-15/h3-9,14H,10-13H2,1-2H3,(H,21,24,25). The predicted molar refractivity (Wildman–Crippen MR) is 103 cm³/mol. The molecule has 27 heavy (non-hydrogen) atoms. The summed E-state index contributed by atoms with van der Waals surface area (Å²) in [6, 6.07) is 14.0. The first kappa shape index (κ1) is 18.6. The van der Waals surface area contributed by atoms with E-state index in [1.807, 2.05) is 24.3 Å². The highest BCUT2D eigenvalue weighted by molar-refractivity contribution is 6.04. The lowest BCUT2D eigenvalue weighted by Gasteiger charge is -2.36. The smallest absolute Gasteiger partial charge is 0.324 e. The minimum atomic E-state index is -0.389. The monoisotopic (exact) mass is 369 g/mol. The summed E-state index contributed by atoms with van der Waals surface area (Å²) in [5.41, 5.74) is 1.42. The predicted octanol–water partition coefficient (Wildman–Crippen LogP) is 2.38. The van der Waals surface area contributed by atoms with Gasteiger partial charge in [-0.25, -0.2) is 4.79 Å². The van der Waals surface area contributed by atoms with Gasteiger partial charge >= 0.3 is 6.03 Å². The number of piperazine rings is 1. The maximum absolute atomic E-state index is 12.4. The van der Waals surface area contributed by atoms with Gasteiger partial charge in [-0.05, 0) is 24.3 Å². The molecule has 0 aromatic heterocycles. The van der Waals surface area contributed by atoms with E-state index in [9.17, 15) is 9.59 Å². The van der Waals surface area contributed by atoms with Crippen molar-refractivity contribution in [2.75, 3.05) is 45.3 Å². The number of amides is 3. The number of anilines is 1. The van der Waals surface area contributed by atoms with Crippen LogP contribution in [-0.2, 0) is 0 Å². The van der Waals surface area contributed by atoms with Crippen molar-refractivity contribution in [3.8, 4) is 11.5 Å². The third kappa shape index (κ3) is 4.31. The molecule has 0 radical (unpaired) electrons. The normalized spacial score (nSPS) is 13.9. The van der Waals surface area contributed by atoms with Gasteiger partial charge in [0.15, 0.2) is 0 Å². The Bertz CT molecular complexity index is 802. The molecule has 0 aliphatic carbocycles. The highest BCUT2D eigenvalue weighted by atomic mass is 16.5. The zero-order valence-corrected chi connectivity index (χ0v) is 15.5. The van der Waals surface area contributed by atoms with Crippen molar-refractivity contribution in [2.45, 2.75) is 0 Å². The van der Waals surface area contributed by atoms with Crippen LogP contribution in [0.15, 0.2) is 48.5 Å². The summed E-state index contributed by atoms with van der Waals surface area (Å²) in [6.45, 7) is 2.33. The number of carbonyl (C=O) groups excluding carboxylic acids is 2. The Hall–Kier alpha value is -3.22. The van der Waals surface area contributed by atoms with Crippen molar-refractivity contribution >= 4 is 17.6 Å². The van der Waals surface area contributed by atoms with Gasteiger partial charge in [0.25, 0.3) is 5.91 Å². The van der Waals surface area contributed by atoms with Crippen molar-refractivity contribution in [3.63, 3.8) is 0 Å². The Balaban J connectivity index is 1.59.